The minimum absolute atomic E-state index is 0.271. The van der Waals surface area contributed by atoms with Gasteiger partial charge in [0, 0.05) is 19.0 Å². The van der Waals surface area contributed by atoms with E-state index >= 15 is 0 Å². The van der Waals surface area contributed by atoms with Crippen LogP contribution in [0.4, 0.5) is 5.69 Å². The minimum atomic E-state index is -4.49. The zero-order valence-electron chi connectivity index (χ0n) is 16.1. The van der Waals surface area contributed by atoms with Crippen LogP contribution in [-0.2, 0) is 29.1 Å². The Morgan fingerprint density at radius 2 is 1.93 bits per heavy atom. The average molecular weight is 430 g/mol. The zero-order chi connectivity index (χ0) is 22.0. The summed E-state index contributed by atoms with van der Waals surface area (Å²) in [5.41, 5.74) is -1.45. The summed E-state index contributed by atoms with van der Waals surface area (Å²) in [6.45, 7) is 3.70. The summed E-state index contributed by atoms with van der Waals surface area (Å²) in [5, 5.41) is 21.1. The fraction of sp³-hybridized carbons (Fsp3) is 0.529. The summed E-state index contributed by atoms with van der Waals surface area (Å²) in [6, 6.07) is 3.25. The van der Waals surface area contributed by atoms with Crippen LogP contribution in [-0.4, -0.2) is 65.6 Å². The third-order valence-electron chi connectivity index (χ3n) is 3.91. The SMILES string of the molecule is CC(C)(C)OC(=O)COC(=O)[C@@H]1CC(O)CN1S(=O)(=O)c1ccccc1[N+](=O)[O-]. The number of nitro groups is 1. The molecule has 12 heteroatoms. The molecular formula is C17H22N2O9S. The van der Waals surface area contributed by atoms with Crippen LogP contribution in [0.15, 0.2) is 29.2 Å². The summed E-state index contributed by atoms with van der Waals surface area (Å²) in [6.07, 6.45) is -1.45. The topological polar surface area (TPSA) is 153 Å². The summed E-state index contributed by atoms with van der Waals surface area (Å²) < 4.78 is 36.4. The third-order valence-corrected chi connectivity index (χ3v) is 5.83. The van der Waals surface area contributed by atoms with Crippen molar-refractivity contribution in [3.8, 4) is 0 Å². The van der Waals surface area contributed by atoms with Crippen molar-refractivity contribution in [2.24, 2.45) is 0 Å². The molecule has 0 bridgehead atoms. The van der Waals surface area contributed by atoms with Gasteiger partial charge in [-0.1, -0.05) is 12.1 Å². The van der Waals surface area contributed by atoms with E-state index in [9.17, 15) is 33.2 Å². The van der Waals surface area contributed by atoms with E-state index in [2.05, 4.69) is 0 Å². The number of nitro benzene ring substituents is 1. The van der Waals surface area contributed by atoms with E-state index in [0.29, 0.717) is 4.31 Å². The molecule has 1 N–H and O–H groups in total. The molecule has 1 aliphatic rings. The monoisotopic (exact) mass is 430 g/mol. The van der Waals surface area contributed by atoms with Crippen LogP contribution >= 0.6 is 0 Å². The lowest BCUT2D eigenvalue weighted by atomic mass is 10.2. The Bertz CT molecular complexity index is 908. The Hall–Kier alpha value is -2.57. The van der Waals surface area contributed by atoms with Crippen molar-refractivity contribution in [1.82, 2.24) is 4.31 Å². The van der Waals surface area contributed by atoms with Gasteiger partial charge < -0.3 is 14.6 Å². The predicted molar refractivity (Wildman–Crippen MR) is 98.2 cm³/mol. The van der Waals surface area contributed by atoms with Crippen molar-refractivity contribution in [3.05, 3.63) is 34.4 Å². The van der Waals surface area contributed by atoms with E-state index in [1.54, 1.807) is 20.8 Å². The fourth-order valence-corrected chi connectivity index (χ4v) is 4.60. The third kappa shape index (κ3) is 5.49. The molecule has 0 aromatic heterocycles. The lowest BCUT2D eigenvalue weighted by molar-refractivity contribution is -0.387. The van der Waals surface area contributed by atoms with Crippen LogP contribution in [0.5, 0.6) is 0 Å². The fourth-order valence-electron chi connectivity index (χ4n) is 2.81. The van der Waals surface area contributed by atoms with Crippen LogP contribution in [0.25, 0.3) is 0 Å². The maximum atomic E-state index is 13.0. The van der Waals surface area contributed by atoms with Gasteiger partial charge in [-0.2, -0.15) is 4.31 Å². The van der Waals surface area contributed by atoms with Gasteiger partial charge in [0.05, 0.1) is 11.0 Å². The summed E-state index contributed by atoms with van der Waals surface area (Å²) in [7, 11) is -4.49. The number of nitrogens with zero attached hydrogens (tertiary/aromatic N) is 2. The van der Waals surface area contributed by atoms with Crippen LogP contribution in [0.3, 0.4) is 0 Å². The number of β-amino-alcohol motifs (C(OH)–C–C–N with tert-alkyl or cyclic N) is 1. The first-order valence-electron chi connectivity index (χ1n) is 8.65. The lowest BCUT2D eigenvalue weighted by Crippen LogP contribution is -2.42. The van der Waals surface area contributed by atoms with Crippen LogP contribution in [0.1, 0.15) is 27.2 Å². The van der Waals surface area contributed by atoms with Crippen molar-refractivity contribution in [2.75, 3.05) is 13.2 Å². The second kappa shape index (κ2) is 8.43. The molecule has 0 saturated carbocycles. The molecule has 0 spiro atoms. The Morgan fingerprint density at radius 1 is 1.31 bits per heavy atom. The number of sulfonamides is 1. The number of esters is 2. The normalized spacial score (nSPS) is 20.3. The standard InChI is InChI=1S/C17H22N2O9S/c1-17(2,3)28-15(21)10-27-16(22)13-8-11(20)9-18(13)29(25,26)14-7-5-4-6-12(14)19(23)24/h4-7,11,13,20H,8-10H2,1-3H3/t11?,13-/m0/s1. The molecule has 2 atom stereocenters. The largest absolute Gasteiger partial charge is 0.457 e. The Morgan fingerprint density at radius 3 is 2.52 bits per heavy atom. The van der Waals surface area contributed by atoms with E-state index in [1.807, 2.05) is 0 Å². The number of hydrogen-bond donors (Lipinski definition) is 1. The molecule has 1 aliphatic heterocycles. The predicted octanol–water partition coefficient (Wildman–Crippen LogP) is 0.604. The van der Waals surface area contributed by atoms with Gasteiger partial charge in [0.25, 0.3) is 15.7 Å². The number of rotatable bonds is 6. The van der Waals surface area contributed by atoms with Gasteiger partial charge in [-0.15, -0.1) is 0 Å². The van der Waals surface area contributed by atoms with Crippen molar-refractivity contribution in [2.45, 2.75) is 49.8 Å². The lowest BCUT2D eigenvalue weighted by Gasteiger charge is -2.23. The number of ether oxygens (including phenoxy) is 2. The van der Waals surface area contributed by atoms with Gasteiger partial charge in [0.15, 0.2) is 11.5 Å². The van der Waals surface area contributed by atoms with Crippen LogP contribution in [0, 0.1) is 10.1 Å². The van der Waals surface area contributed by atoms with Crippen LogP contribution < -0.4 is 0 Å². The highest BCUT2D eigenvalue weighted by molar-refractivity contribution is 7.89. The van der Waals surface area contributed by atoms with E-state index < -0.39 is 68.4 Å². The molecule has 1 fully saturated rings. The number of para-hydroxylation sites is 1. The molecule has 1 aromatic carbocycles. The number of carbonyl (C=O) groups excluding carboxylic acids is 2. The zero-order valence-corrected chi connectivity index (χ0v) is 16.9. The van der Waals surface area contributed by atoms with Crippen LogP contribution in [0.2, 0.25) is 0 Å². The molecule has 1 saturated heterocycles. The maximum Gasteiger partial charge on any atom is 0.344 e. The van der Waals surface area contributed by atoms with E-state index in [0.717, 1.165) is 12.1 Å². The van der Waals surface area contributed by atoms with Gasteiger partial charge in [0.1, 0.15) is 11.6 Å². The Labute approximate surface area is 167 Å². The van der Waals surface area contributed by atoms with Crippen molar-refractivity contribution < 1.29 is 37.5 Å². The highest BCUT2D eigenvalue weighted by Gasteiger charge is 2.46. The molecular weight excluding hydrogens is 408 g/mol. The van der Waals surface area contributed by atoms with E-state index in [4.69, 9.17) is 9.47 Å². The summed E-state index contributed by atoms with van der Waals surface area (Å²) in [5.74, 6) is -1.88. The number of aliphatic hydroxyl groups excluding tert-OH is 1. The molecule has 1 heterocycles. The summed E-state index contributed by atoms with van der Waals surface area (Å²) >= 11 is 0. The second-order valence-corrected chi connectivity index (χ2v) is 9.26. The molecule has 11 nitrogen and oxygen atoms in total. The smallest absolute Gasteiger partial charge is 0.344 e. The van der Waals surface area contributed by atoms with Crippen molar-refractivity contribution in [1.29, 1.82) is 0 Å². The first-order valence-corrected chi connectivity index (χ1v) is 10.1. The number of carbonyl (C=O) groups is 2. The van der Waals surface area contributed by atoms with Gasteiger partial charge in [-0.25, -0.2) is 13.2 Å². The molecule has 2 rings (SSSR count). The van der Waals surface area contributed by atoms with E-state index in [1.165, 1.54) is 12.1 Å². The van der Waals surface area contributed by atoms with E-state index in [-0.39, 0.29) is 6.42 Å². The molecule has 160 valence electrons. The summed E-state index contributed by atoms with van der Waals surface area (Å²) in [4.78, 5) is 33.8. The molecule has 1 aromatic rings. The van der Waals surface area contributed by atoms with Crippen molar-refractivity contribution in [3.63, 3.8) is 0 Å². The second-order valence-electron chi connectivity index (χ2n) is 7.40. The highest BCUT2D eigenvalue weighted by atomic mass is 32.2. The molecule has 29 heavy (non-hydrogen) atoms. The van der Waals surface area contributed by atoms with Gasteiger partial charge in [-0.05, 0) is 26.8 Å². The maximum absolute atomic E-state index is 13.0. The first-order chi connectivity index (χ1) is 13.3. The quantitative estimate of drug-likeness (QED) is 0.388. The number of benzene rings is 1. The molecule has 0 radical (unpaired) electrons. The molecule has 1 unspecified atom stereocenters. The molecule has 0 amide bonds. The van der Waals surface area contributed by atoms with Gasteiger partial charge in [-0.3, -0.25) is 14.9 Å². The number of aliphatic hydroxyl groups is 1. The van der Waals surface area contributed by atoms with Crippen molar-refractivity contribution >= 4 is 27.6 Å². The first kappa shape index (κ1) is 22.7. The molecule has 0 aliphatic carbocycles. The van der Waals surface area contributed by atoms with Gasteiger partial charge in [0.2, 0.25) is 0 Å². The highest BCUT2D eigenvalue weighted by Crippen LogP contribution is 2.31. The Balaban J connectivity index is 2.23. The average Bonchev–Trinajstić information content (AvgIpc) is 3.01. The Kier molecular flexibility index (Phi) is 6.60. The van der Waals surface area contributed by atoms with Gasteiger partial charge >= 0.3 is 11.9 Å². The number of hydrogen-bond acceptors (Lipinski definition) is 9. The minimum Gasteiger partial charge on any atom is -0.457 e.